The van der Waals surface area contributed by atoms with Crippen LogP contribution in [-0.4, -0.2) is 29.1 Å². The maximum atomic E-state index is 11.4. The van der Waals surface area contributed by atoms with E-state index in [1.54, 1.807) is 0 Å². The van der Waals surface area contributed by atoms with Gasteiger partial charge in [0.15, 0.2) is 0 Å². The van der Waals surface area contributed by atoms with E-state index in [0.717, 1.165) is 25.8 Å². The van der Waals surface area contributed by atoms with Gasteiger partial charge in [0.1, 0.15) is 0 Å². The number of hydrogen-bond donors (Lipinski definition) is 1. The predicted octanol–water partition coefficient (Wildman–Crippen LogP) is 3.56. The summed E-state index contributed by atoms with van der Waals surface area (Å²) in [6, 6.07) is 4.71. The van der Waals surface area contributed by atoms with Crippen molar-refractivity contribution in [3.63, 3.8) is 0 Å². The molecule has 1 aromatic heterocycles. The molecule has 0 aromatic carbocycles. The van der Waals surface area contributed by atoms with Crippen molar-refractivity contribution in [1.29, 1.82) is 0 Å². The van der Waals surface area contributed by atoms with Gasteiger partial charge in [0.05, 0.1) is 5.41 Å². The number of piperidine rings is 1. The molecule has 2 atom stereocenters. The first-order valence-corrected chi connectivity index (χ1v) is 7.84. The summed E-state index contributed by atoms with van der Waals surface area (Å²) >= 11 is 1.85. The maximum Gasteiger partial charge on any atom is 0.310 e. The molecule has 1 aliphatic rings. The zero-order valence-electron chi connectivity index (χ0n) is 12.0. The number of rotatable bonds is 4. The quantitative estimate of drug-likeness (QED) is 0.917. The molecule has 0 spiro atoms. The highest BCUT2D eigenvalue weighted by atomic mass is 32.1. The molecule has 1 saturated heterocycles. The average Bonchev–Trinajstić information content (AvgIpc) is 2.86. The number of thiophene rings is 1. The number of carbonyl (C=O) groups is 1. The standard InChI is InChI=1S/C15H23NO2S/c1-4-12-6-7-13(19-12)11(2)16-9-5-8-15(3,10-16)14(17)18/h6-7,11H,4-5,8-10H2,1-3H3,(H,17,18). The Labute approximate surface area is 119 Å². The molecule has 3 nitrogen and oxygen atoms in total. The van der Waals surface area contributed by atoms with Gasteiger partial charge in [-0.2, -0.15) is 0 Å². The van der Waals surface area contributed by atoms with E-state index >= 15 is 0 Å². The summed E-state index contributed by atoms with van der Waals surface area (Å²) in [7, 11) is 0. The molecule has 1 aromatic rings. The van der Waals surface area contributed by atoms with Gasteiger partial charge >= 0.3 is 5.97 Å². The lowest BCUT2D eigenvalue weighted by atomic mass is 9.81. The SMILES string of the molecule is CCc1ccc(C(C)N2CCCC(C)(C(=O)O)C2)s1. The molecule has 0 radical (unpaired) electrons. The molecule has 0 amide bonds. The van der Waals surface area contributed by atoms with Gasteiger partial charge in [0, 0.05) is 22.3 Å². The molecular formula is C15H23NO2S. The van der Waals surface area contributed by atoms with Gasteiger partial charge in [-0.1, -0.05) is 6.92 Å². The van der Waals surface area contributed by atoms with Crippen LogP contribution in [0.2, 0.25) is 0 Å². The van der Waals surface area contributed by atoms with Gasteiger partial charge in [-0.05, 0) is 51.8 Å². The molecule has 1 N–H and O–H groups in total. The van der Waals surface area contributed by atoms with Crippen LogP contribution >= 0.6 is 11.3 Å². The maximum absolute atomic E-state index is 11.4. The normalized spacial score (nSPS) is 26.3. The second-order valence-electron chi connectivity index (χ2n) is 5.77. The zero-order valence-corrected chi connectivity index (χ0v) is 12.8. The minimum atomic E-state index is -0.662. The van der Waals surface area contributed by atoms with Crippen LogP contribution in [0.1, 0.15) is 49.4 Å². The number of carboxylic acids is 1. The van der Waals surface area contributed by atoms with Crippen molar-refractivity contribution < 1.29 is 9.90 Å². The summed E-state index contributed by atoms with van der Waals surface area (Å²) in [5.74, 6) is -0.662. The van der Waals surface area contributed by atoms with Gasteiger partial charge < -0.3 is 5.11 Å². The van der Waals surface area contributed by atoms with Crippen molar-refractivity contribution in [1.82, 2.24) is 4.90 Å². The predicted molar refractivity (Wildman–Crippen MR) is 78.7 cm³/mol. The van der Waals surface area contributed by atoms with Crippen molar-refractivity contribution in [2.45, 2.75) is 46.1 Å². The molecule has 0 bridgehead atoms. The van der Waals surface area contributed by atoms with Crippen LogP contribution in [0, 0.1) is 5.41 Å². The van der Waals surface area contributed by atoms with Crippen LogP contribution in [0.4, 0.5) is 0 Å². The van der Waals surface area contributed by atoms with E-state index in [4.69, 9.17) is 0 Å². The lowest BCUT2D eigenvalue weighted by Crippen LogP contribution is -2.46. The Kier molecular flexibility index (Phi) is 4.31. The van der Waals surface area contributed by atoms with Gasteiger partial charge in [-0.3, -0.25) is 9.69 Å². The summed E-state index contributed by atoms with van der Waals surface area (Å²) in [5, 5.41) is 9.39. The van der Waals surface area contributed by atoms with E-state index < -0.39 is 11.4 Å². The third-order valence-electron chi connectivity index (χ3n) is 4.23. The van der Waals surface area contributed by atoms with Crippen LogP contribution in [-0.2, 0) is 11.2 Å². The van der Waals surface area contributed by atoms with Gasteiger partial charge in [-0.15, -0.1) is 11.3 Å². The fourth-order valence-electron chi connectivity index (χ4n) is 2.77. The molecule has 2 unspecified atom stereocenters. The third kappa shape index (κ3) is 3.00. The Morgan fingerprint density at radius 3 is 2.89 bits per heavy atom. The van der Waals surface area contributed by atoms with Crippen LogP contribution < -0.4 is 0 Å². The molecule has 0 aliphatic carbocycles. The molecule has 1 fully saturated rings. The number of aliphatic carboxylic acids is 1. The number of likely N-dealkylation sites (tertiary alicyclic amines) is 1. The minimum Gasteiger partial charge on any atom is -0.481 e. The van der Waals surface area contributed by atoms with Gasteiger partial charge in [0.2, 0.25) is 0 Å². The van der Waals surface area contributed by atoms with Gasteiger partial charge in [0.25, 0.3) is 0 Å². The van der Waals surface area contributed by atoms with E-state index in [-0.39, 0.29) is 0 Å². The fraction of sp³-hybridized carbons (Fsp3) is 0.667. The second-order valence-corrected chi connectivity index (χ2v) is 6.97. The first kappa shape index (κ1) is 14.5. The minimum absolute atomic E-state index is 0.323. The lowest BCUT2D eigenvalue weighted by Gasteiger charge is -2.40. The fourth-order valence-corrected chi connectivity index (χ4v) is 3.81. The number of carboxylic acid groups (broad SMARTS) is 1. The lowest BCUT2D eigenvalue weighted by molar-refractivity contribution is -0.151. The van der Waals surface area contributed by atoms with E-state index in [9.17, 15) is 9.90 Å². The van der Waals surface area contributed by atoms with Crippen molar-refractivity contribution in [2.24, 2.45) is 5.41 Å². The summed E-state index contributed by atoms with van der Waals surface area (Å²) in [4.78, 5) is 16.5. The van der Waals surface area contributed by atoms with Crippen molar-refractivity contribution in [2.75, 3.05) is 13.1 Å². The monoisotopic (exact) mass is 281 g/mol. The largest absolute Gasteiger partial charge is 0.481 e. The Bertz CT molecular complexity index is 457. The van der Waals surface area contributed by atoms with Crippen LogP contribution in [0.3, 0.4) is 0 Å². The molecule has 1 aliphatic heterocycles. The molecule has 2 rings (SSSR count). The molecular weight excluding hydrogens is 258 g/mol. The second kappa shape index (κ2) is 5.63. The molecule has 19 heavy (non-hydrogen) atoms. The first-order chi connectivity index (χ1) is 8.96. The van der Waals surface area contributed by atoms with E-state index in [0.29, 0.717) is 12.6 Å². The number of aryl methyl sites for hydroxylation is 1. The van der Waals surface area contributed by atoms with Crippen molar-refractivity contribution in [3.8, 4) is 0 Å². The number of nitrogens with zero attached hydrogens (tertiary/aromatic N) is 1. The Morgan fingerprint density at radius 2 is 2.32 bits per heavy atom. The highest BCUT2D eigenvalue weighted by Gasteiger charge is 2.39. The van der Waals surface area contributed by atoms with Crippen LogP contribution in [0.25, 0.3) is 0 Å². The summed E-state index contributed by atoms with van der Waals surface area (Å²) in [6.07, 6.45) is 2.83. The highest BCUT2D eigenvalue weighted by Crippen LogP contribution is 2.36. The van der Waals surface area contributed by atoms with Crippen molar-refractivity contribution in [3.05, 3.63) is 21.9 Å². The Morgan fingerprint density at radius 1 is 1.58 bits per heavy atom. The summed E-state index contributed by atoms with van der Waals surface area (Å²) in [6.45, 7) is 7.90. The Balaban J connectivity index is 2.10. The van der Waals surface area contributed by atoms with Crippen molar-refractivity contribution >= 4 is 17.3 Å². The molecule has 4 heteroatoms. The summed E-state index contributed by atoms with van der Waals surface area (Å²) < 4.78 is 0. The van der Waals surface area contributed by atoms with Gasteiger partial charge in [-0.25, -0.2) is 0 Å². The van der Waals surface area contributed by atoms with Crippen LogP contribution in [0.5, 0.6) is 0 Å². The van der Waals surface area contributed by atoms with Crippen LogP contribution in [0.15, 0.2) is 12.1 Å². The smallest absolute Gasteiger partial charge is 0.310 e. The van der Waals surface area contributed by atoms with E-state index in [1.807, 2.05) is 18.3 Å². The number of hydrogen-bond acceptors (Lipinski definition) is 3. The topological polar surface area (TPSA) is 40.5 Å². The first-order valence-electron chi connectivity index (χ1n) is 7.02. The zero-order chi connectivity index (χ0) is 14.0. The third-order valence-corrected chi connectivity index (χ3v) is 5.63. The highest BCUT2D eigenvalue weighted by molar-refractivity contribution is 7.12. The molecule has 106 valence electrons. The average molecular weight is 281 g/mol. The van der Waals surface area contributed by atoms with E-state index in [1.165, 1.54) is 9.75 Å². The van der Waals surface area contributed by atoms with E-state index in [2.05, 4.69) is 30.9 Å². The summed E-state index contributed by atoms with van der Waals surface area (Å²) in [5.41, 5.74) is -0.586. The Hall–Kier alpha value is -0.870. The molecule has 0 saturated carbocycles. The molecule has 2 heterocycles.